The summed E-state index contributed by atoms with van der Waals surface area (Å²) in [6.07, 6.45) is 3.46. The largest absolute Gasteiger partial charge is 0.490 e. The summed E-state index contributed by atoms with van der Waals surface area (Å²) in [5, 5.41) is 0. The number of aromatic nitrogens is 1. The molecule has 0 aliphatic heterocycles. The fraction of sp³-hybridized carbons (Fsp3) is 0.545. The van der Waals surface area contributed by atoms with Crippen molar-refractivity contribution in [2.24, 2.45) is 0 Å². The van der Waals surface area contributed by atoms with Crippen LogP contribution >= 0.6 is 15.9 Å². The van der Waals surface area contributed by atoms with Gasteiger partial charge < -0.3 is 9.64 Å². The fourth-order valence-corrected chi connectivity index (χ4v) is 1.20. The van der Waals surface area contributed by atoms with Crippen LogP contribution in [0.5, 0.6) is 5.75 Å². The van der Waals surface area contributed by atoms with Crippen molar-refractivity contribution in [1.82, 2.24) is 9.88 Å². The highest BCUT2D eigenvalue weighted by Crippen LogP contribution is 2.18. The molecular formula is C11H17BrN2O. The Bertz CT molecular complexity index is 326. The lowest BCUT2D eigenvalue weighted by Gasteiger charge is -2.32. The molecule has 0 aliphatic rings. The molecule has 0 unspecified atom stereocenters. The number of likely N-dealkylation sites (N-methyl/N-ethyl adjacent to an activating group) is 1. The Morgan fingerprint density at radius 2 is 2.07 bits per heavy atom. The van der Waals surface area contributed by atoms with E-state index in [1.165, 1.54) is 0 Å². The van der Waals surface area contributed by atoms with E-state index in [-0.39, 0.29) is 5.54 Å². The second kappa shape index (κ2) is 4.94. The van der Waals surface area contributed by atoms with Crippen molar-refractivity contribution < 1.29 is 4.74 Å². The third kappa shape index (κ3) is 3.80. The van der Waals surface area contributed by atoms with E-state index >= 15 is 0 Å². The van der Waals surface area contributed by atoms with Gasteiger partial charge in [0, 0.05) is 16.2 Å². The van der Waals surface area contributed by atoms with Crippen LogP contribution in [-0.2, 0) is 0 Å². The zero-order valence-corrected chi connectivity index (χ0v) is 11.2. The predicted octanol–water partition coefficient (Wildman–Crippen LogP) is 2.56. The maximum atomic E-state index is 5.68. The van der Waals surface area contributed by atoms with Gasteiger partial charge in [-0.15, -0.1) is 0 Å². The van der Waals surface area contributed by atoms with Gasteiger partial charge in [0.05, 0.1) is 6.20 Å². The van der Waals surface area contributed by atoms with E-state index in [1.54, 1.807) is 12.4 Å². The second-order valence-corrected chi connectivity index (χ2v) is 5.25. The van der Waals surface area contributed by atoms with Gasteiger partial charge in [-0.25, -0.2) is 0 Å². The van der Waals surface area contributed by atoms with Gasteiger partial charge in [0.25, 0.3) is 0 Å². The zero-order chi connectivity index (χ0) is 11.5. The van der Waals surface area contributed by atoms with E-state index in [1.807, 2.05) is 20.2 Å². The molecule has 4 heteroatoms. The van der Waals surface area contributed by atoms with Crippen molar-refractivity contribution in [2.45, 2.75) is 19.4 Å². The van der Waals surface area contributed by atoms with Crippen LogP contribution in [0.4, 0.5) is 0 Å². The van der Waals surface area contributed by atoms with Crippen molar-refractivity contribution >= 4 is 15.9 Å². The lowest BCUT2D eigenvalue weighted by atomic mass is 10.1. The minimum Gasteiger partial charge on any atom is -0.490 e. The van der Waals surface area contributed by atoms with Crippen LogP contribution in [0.1, 0.15) is 13.8 Å². The van der Waals surface area contributed by atoms with Gasteiger partial charge in [-0.2, -0.15) is 0 Å². The van der Waals surface area contributed by atoms with Crippen LogP contribution < -0.4 is 4.74 Å². The fourth-order valence-electron chi connectivity index (χ4n) is 0.860. The molecule has 84 valence electrons. The van der Waals surface area contributed by atoms with E-state index in [2.05, 4.69) is 39.7 Å². The van der Waals surface area contributed by atoms with Gasteiger partial charge in [0.2, 0.25) is 0 Å². The highest BCUT2D eigenvalue weighted by atomic mass is 79.9. The molecule has 0 aromatic carbocycles. The number of rotatable bonds is 4. The van der Waals surface area contributed by atoms with Crippen LogP contribution in [0, 0.1) is 0 Å². The Morgan fingerprint density at radius 3 is 2.60 bits per heavy atom. The number of halogens is 1. The molecular weight excluding hydrogens is 256 g/mol. The molecule has 3 nitrogen and oxygen atoms in total. The quantitative estimate of drug-likeness (QED) is 0.843. The minimum atomic E-state index is 0.0162. The first-order chi connectivity index (χ1) is 6.92. The van der Waals surface area contributed by atoms with Crippen molar-refractivity contribution in [3.8, 4) is 5.75 Å². The number of hydrogen-bond acceptors (Lipinski definition) is 3. The highest BCUT2D eigenvalue weighted by Gasteiger charge is 2.21. The van der Waals surface area contributed by atoms with E-state index in [4.69, 9.17) is 4.74 Å². The normalized spacial score (nSPS) is 11.9. The SMILES string of the molecule is CN(C)C(C)(C)COc1cncc(Br)c1. The Kier molecular flexibility index (Phi) is 4.11. The highest BCUT2D eigenvalue weighted by molar-refractivity contribution is 9.10. The van der Waals surface area contributed by atoms with Gasteiger partial charge in [-0.1, -0.05) is 0 Å². The van der Waals surface area contributed by atoms with Gasteiger partial charge in [-0.05, 0) is 49.9 Å². The summed E-state index contributed by atoms with van der Waals surface area (Å²) in [7, 11) is 4.09. The molecule has 0 atom stereocenters. The second-order valence-electron chi connectivity index (χ2n) is 4.33. The molecule has 15 heavy (non-hydrogen) atoms. The van der Waals surface area contributed by atoms with Gasteiger partial charge in [0.15, 0.2) is 0 Å². The summed E-state index contributed by atoms with van der Waals surface area (Å²) >= 11 is 3.36. The molecule has 0 radical (unpaired) electrons. The standard InChI is InChI=1S/C11H17BrN2O/c1-11(2,14(3)4)8-15-10-5-9(12)6-13-7-10/h5-7H,8H2,1-4H3. The van der Waals surface area contributed by atoms with Crippen LogP contribution in [0.25, 0.3) is 0 Å². The van der Waals surface area contributed by atoms with Crippen LogP contribution in [-0.4, -0.2) is 36.1 Å². The summed E-state index contributed by atoms with van der Waals surface area (Å²) in [6, 6.07) is 1.92. The molecule has 0 saturated heterocycles. The number of ether oxygens (including phenoxy) is 1. The Balaban J connectivity index is 2.57. The van der Waals surface area contributed by atoms with E-state index in [9.17, 15) is 0 Å². The first-order valence-corrected chi connectivity index (χ1v) is 5.62. The molecule has 1 heterocycles. The molecule has 0 spiro atoms. The average Bonchev–Trinajstić information content (AvgIpc) is 2.15. The van der Waals surface area contributed by atoms with Crippen LogP contribution in [0.3, 0.4) is 0 Å². The molecule has 1 aromatic rings. The summed E-state index contributed by atoms with van der Waals surface area (Å²) in [5.41, 5.74) is 0.0162. The lowest BCUT2D eigenvalue weighted by molar-refractivity contribution is 0.114. The molecule has 0 saturated carbocycles. The van der Waals surface area contributed by atoms with Gasteiger partial charge >= 0.3 is 0 Å². The average molecular weight is 273 g/mol. The molecule has 0 bridgehead atoms. The van der Waals surface area contributed by atoms with E-state index in [0.29, 0.717) is 6.61 Å². The molecule has 0 amide bonds. The van der Waals surface area contributed by atoms with E-state index < -0.39 is 0 Å². The van der Waals surface area contributed by atoms with Gasteiger partial charge in [-0.3, -0.25) is 4.98 Å². The molecule has 0 N–H and O–H groups in total. The zero-order valence-electron chi connectivity index (χ0n) is 9.62. The van der Waals surface area contributed by atoms with E-state index in [0.717, 1.165) is 10.2 Å². The van der Waals surface area contributed by atoms with Gasteiger partial charge in [0.1, 0.15) is 12.4 Å². The number of hydrogen-bond donors (Lipinski definition) is 0. The Hall–Kier alpha value is -0.610. The number of pyridine rings is 1. The van der Waals surface area contributed by atoms with Crippen LogP contribution in [0.15, 0.2) is 22.9 Å². The monoisotopic (exact) mass is 272 g/mol. The minimum absolute atomic E-state index is 0.0162. The maximum absolute atomic E-state index is 5.68. The Morgan fingerprint density at radius 1 is 1.40 bits per heavy atom. The van der Waals surface area contributed by atoms with Crippen molar-refractivity contribution in [3.05, 3.63) is 22.9 Å². The maximum Gasteiger partial charge on any atom is 0.138 e. The topological polar surface area (TPSA) is 25.4 Å². The van der Waals surface area contributed by atoms with Crippen molar-refractivity contribution in [1.29, 1.82) is 0 Å². The smallest absolute Gasteiger partial charge is 0.138 e. The third-order valence-corrected chi connectivity index (χ3v) is 2.92. The Labute approximate surface area is 99.6 Å². The first-order valence-electron chi connectivity index (χ1n) is 4.82. The molecule has 1 rings (SSSR count). The summed E-state index contributed by atoms with van der Waals surface area (Å²) in [4.78, 5) is 6.18. The molecule has 1 aromatic heterocycles. The summed E-state index contributed by atoms with van der Waals surface area (Å²) in [5.74, 6) is 0.791. The number of nitrogens with zero attached hydrogens (tertiary/aromatic N) is 2. The third-order valence-electron chi connectivity index (χ3n) is 2.48. The summed E-state index contributed by atoms with van der Waals surface area (Å²) in [6.45, 7) is 4.91. The molecule has 0 fully saturated rings. The van der Waals surface area contributed by atoms with Crippen LogP contribution in [0.2, 0.25) is 0 Å². The van der Waals surface area contributed by atoms with Crippen molar-refractivity contribution in [2.75, 3.05) is 20.7 Å². The van der Waals surface area contributed by atoms with Crippen molar-refractivity contribution in [3.63, 3.8) is 0 Å². The lowest BCUT2D eigenvalue weighted by Crippen LogP contribution is -2.43. The predicted molar refractivity (Wildman–Crippen MR) is 65.2 cm³/mol. The molecule has 0 aliphatic carbocycles. The first kappa shape index (κ1) is 12.5. The summed E-state index contributed by atoms with van der Waals surface area (Å²) < 4.78 is 6.61.